The van der Waals surface area contributed by atoms with Crippen molar-refractivity contribution < 1.29 is 0 Å². The normalized spacial score (nSPS) is 28.1. The Hall–Kier alpha value is -0.0600. The van der Waals surface area contributed by atoms with Crippen LogP contribution in [0.3, 0.4) is 0 Å². The van der Waals surface area contributed by atoms with Crippen LogP contribution in [0.25, 0.3) is 0 Å². The molecular formula is C11H18N2S2. The lowest BCUT2D eigenvalue weighted by Crippen LogP contribution is -2.35. The summed E-state index contributed by atoms with van der Waals surface area (Å²) in [5.74, 6) is 0. The Balaban J connectivity index is 1.91. The molecule has 1 heterocycles. The molecule has 3 unspecified atom stereocenters. The summed E-state index contributed by atoms with van der Waals surface area (Å²) in [4.78, 5) is 4.36. The SMILES string of the molecule is CSC1CCCC1NC(C)c1nccs1. The fraction of sp³-hybridized carbons (Fsp3) is 0.727. The van der Waals surface area contributed by atoms with Crippen molar-refractivity contribution in [2.75, 3.05) is 6.26 Å². The average Bonchev–Trinajstić information content (AvgIpc) is 2.87. The van der Waals surface area contributed by atoms with Gasteiger partial charge in [-0.3, -0.25) is 0 Å². The van der Waals surface area contributed by atoms with Gasteiger partial charge in [0.15, 0.2) is 0 Å². The van der Waals surface area contributed by atoms with Crippen LogP contribution in [0, 0.1) is 0 Å². The molecule has 1 fully saturated rings. The van der Waals surface area contributed by atoms with Gasteiger partial charge in [-0.05, 0) is 26.0 Å². The largest absolute Gasteiger partial charge is 0.304 e. The summed E-state index contributed by atoms with van der Waals surface area (Å²) in [5.41, 5.74) is 0. The van der Waals surface area contributed by atoms with Gasteiger partial charge >= 0.3 is 0 Å². The molecule has 1 N–H and O–H groups in total. The van der Waals surface area contributed by atoms with E-state index in [0.29, 0.717) is 12.1 Å². The third-order valence-corrected chi connectivity index (χ3v) is 5.17. The molecule has 0 radical (unpaired) electrons. The average molecular weight is 242 g/mol. The molecule has 1 saturated carbocycles. The van der Waals surface area contributed by atoms with Crippen LogP contribution in [-0.2, 0) is 0 Å². The third kappa shape index (κ3) is 2.74. The minimum absolute atomic E-state index is 0.405. The van der Waals surface area contributed by atoms with Gasteiger partial charge in [0.2, 0.25) is 0 Å². The second-order valence-electron chi connectivity index (χ2n) is 4.07. The standard InChI is InChI=1S/C11H18N2S2/c1-8(11-12-6-7-15-11)13-9-4-3-5-10(9)14-2/h6-10,13H,3-5H2,1-2H3. The molecule has 4 heteroatoms. The van der Waals surface area contributed by atoms with Crippen molar-refractivity contribution in [1.82, 2.24) is 10.3 Å². The van der Waals surface area contributed by atoms with E-state index in [4.69, 9.17) is 0 Å². The molecule has 1 aliphatic rings. The highest BCUT2D eigenvalue weighted by Crippen LogP contribution is 2.30. The lowest BCUT2D eigenvalue weighted by atomic mass is 10.2. The molecule has 2 rings (SSSR count). The number of aromatic nitrogens is 1. The predicted molar refractivity (Wildman–Crippen MR) is 68.6 cm³/mol. The summed E-state index contributed by atoms with van der Waals surface area (Å²) in [5, 5.41) is 7.77. The van der Waals surface area contributed by atoms with Crippen LogP contribution in [0.5, 0.6) is 0 Å². The lowest BCUT2D eigenvalue weighted by Gasteiger charge is -2.22. The minimum atomic E-state index is 0.405. The van der Waals surface area contributed by atoms with E-state index in [1.165, 1.54) is 24.3 Å². The quantitative estimate of drug-likeness (QED) is 0.878. The molecule has 2 nitrogen and oxygen atoms in total. The van der Waals surface area contributed by atoms with Gasteiger partial charge in [0.05, 0.1) is 6.04 Å². The Bertz CT molecular complexity index is 287. The molecule has 1 aliphatic carbocycles. The van der Waals surface area contributed by atoms with Crippen LogP contribution in [0.4, 0.5) is 0 Å². The van der Waals surface area contributed by atoms with E-state index >= 15 is 0 Å². The molecule has 1 aromatic rings. The minimum Gasteiger partial charge on any atom is -0.304 e. The van der Waals surface area contributed by atoms with E-state index in [1.54, 1.807) is 11.3 Å². The number of rotatable bonds is 4. The van der Waals surface area contributed by atoms with E-state index in [0.717, 1.165) is 5.25 Å². The van der Waals surface area contributed by atoms with Crippen molar-refractivity contribution in [1.29, 1.82) is 0 Å². The third-order valence-electron chi connectivity index (χ3n) is 3.04. The summed E-state index contributed by atoms with van der Waals surface area (Å²) < 4.78 is 0. The molecule has 0 aliphatic heterocycles. The van der Waals surface area contributed by atoms with Gasteiger partial charge in [0, 0.05) is 22.9 Å². The molecule has 0 spiro atoms. The van der Waals surface area contributed by atoms with Crippen LogP contribution in [-0.4, -0.2) is 22.5 Å². The predicted octanol–water partition coefficient (Wildman–Crippen LogP) is 3.08. The van der Waals surface area contributed by atoms with E-state index in [9.17, 15) is 0 Å². The van der Waals surface area contributed by atoms with E-state index in [-0.39, 0.29) is 0 Å². The van der Waals surface area contributed by atoms with Gasteiger partial charge in [-0.2, -0.15) is 11.8 Å². The zero-order valence-corrected chi connectivity index (χ0v) is 10.9. The van der Waals surface area contributed by atoms with Gasteiger partial charge in [0.25, 0.3) is 0 Å². The van der Waals surface area contributed by atoms with E-state index < -0.39 is 0 Å². The fourth-order valence-electron chi connectivity index (χ4n) is 2.24. The molecule has 84 valence electrons. The van der Waals surface area contributed by atoms with Crippen LogP contribution in [0.2, 0.25) is 0 Å². The van der Waals surface area contributed by atoms with Crippen molar-refractivity contribution in [3.63, 3.8) is 0 Å². The summed E-state index contributed by atoms with van der Waals surface area (Å²) in [6, 6.07) is 1.08. The smallest absolute Gasteiger partial charge is 0.109 e. The van der Waals surface area contributed by atoms with Crippen LogP contribution in [0.15, 0.2) is 11.6 Å². The molecular weight excluding hydrogens is 224 g/mol. The van der Waals surface area contributed by atoms with Crippen molar-refractivity contribution in [2.24, 2.45) is 0 Å². The number of hydrogen-bond acceptors (Lipinski definition) is 4. The molecule has 0 bridgehead atoms. The maximum atomic E-state index is 4.36. The first-order valence-corrected chi connectivity index (χ1v) is 7.66. The summed E-state index contributed by atoms with van der Waals surface area (Å²) >= 11 is 3.74. The second-order valence-corrected chi connectivity index (χ2v) is 6.07. The van der Waals surface area contributed by atoms with Gasteiger partial charge in [-0.1, -0.05) is 6.42 Å². The number of nitrogens with zero attached hydrogens (tertiary/aromatic N) is 1. The first-order chi connectivity index (χ1) is 7.31. The first kappa shape index (κ1) is 11.4. The Kier molecular flexibility index (Phi) is 4.05. The number of thioether (sulfide) groups is 1. The zero-order chi connectivity index (χ0) is 10.7. The molecule has 3 atom stereocenters. The van der Waals surface area contributed by atoms with Gasteiger partial charge < -0.3 is 5.32 Å². The van der Waals surface area contributed by atoms with E-state index in [2.05, 4.69) is 23.5 Å². The van der Waals surface area contributed by atoms with Crippen LogP contribution in [0.1, 0.15) is 37.2 Å². The molecule has 15 heavy (non-hydrogen) atoms. The zero-order valence-electron chi connectivity index (χ0n) is 9.27. The highest BCUT2D eigenvalue weighted by Gasteiger charge is 2.27. The van der Waals surface area contributed by atoms with Crippen molar-refractivity contribution in [2.45, 2.75) is 43.5 Å². The molecule has 0 aromatic carbocycles. The Morgan fingerprint density at radius 1 is 1.60 bits per heavy atom. The summed E-state index contributed by atoms with van der Waals surface area (Å²) in [6.45, 7) is 2.22. The molecule has 1 aromatic heterocycles. The summed E-state index contributed by atoms with van der Waals surface area (Å²) in [6.07, 6.45) is 8.16. The van der Waals surface area contributed by atoms with Crippen LogP contribution < -0.4 is 5.32 Å². The van der Waals surface area contributed by atoms with Gasteiger partial charge in [0.1, 0.15) is 5.01 Å². The monoisotopic (exact) mass is 242 g/mol. The Labute approximate surface area is 99.9 Å². The van der Waals surface area contributed by atoms with Crippen LogP contribution >= 0.6 is 23.1 Å². The number of nitrogens with one attached hydrogen (secondary N) is 1. The van der Waals surface area contributed by atoms with Crippen molar-refractivity contribution in [3.05, 3.63) is 16.6 Å². The molecule has 0 saturated heterocycles. The maximum absolute atomic E-state index is 4.36. The Morgan fingerprint density at radius 2 is 2.47 bits per heavy atom. The highest BCUT2D eigenvalue weighted by molar-refractivity contribution is 7.99. The highest BCUT2D eigenvalue weighted by atomic mass is 32.2. The lowest BCUT2D eigenvalue weighted by molar-refractivity contribution is 0.466. The van der Waals surface area contributed by atoms with Crippen molar-refractivity contribution >= 4 is 23.1 Å². The summed E-state index contributed by atoms with van der Waals surface area (Å²) in [7, 11) is 0. The number of thiazole rings is 1. The van der Waals surface area contributed by atoms with Gasteiger partial charge in [-0.25, -0.2) is 4.98 Å². The fourth-order valence-corrected chi connectivity index (χ4v) is 3.84. The van der Waals surface area contributed by atoms with E-state index in [1.807, 2.05) is 23.3 Å². The topological polar surface area (TPSA) is 24.9 Å². The number of hydrogen-bond donors (Lipinski definition) is 1. The second kappa shape index (κ2) is 5.32. The first-order valence-electron chi connectivity index (χ1n) is 5.49. The van der Waals surface area contributed by atoms with Crippen molar-refractivity contribution in [3.8, 4) is 0 Å². The molecule has 0 amide bonds. The maximum Gasteiger partial charge on any atom is 0.109 e. The Morgan fingerprint density at radius 3 is 3.13 bits per heavy atom. The van der Waals surface area contributed by atoms with Gasteiger partial charge in [-0.15, -0.1) is 11.3 Å².